The number of hydrogen-bond donors (Lipinski definition) is 1. The summed E-state index contributed by atoms with van der Waals surface area (Å²) in [6.07, 6.45) is 4.81. The number of benzene rings is 1. The Morgan fingerprint density at radius 3 is 2.94 bits per heavy atom. The van der Waals surface area contributed by atoms with Crippen molar-refractivity contribution in [2.45, 2.75) is 31.7 Å². The molecule has 1 N–H and O–H groups in total. The van der Waals surface area contributed by atoms with E-state index in [0.717, 1.165) is 13.0 Å². The Bertz CT molecular complexity index is 329. The van der Waals surface area contributed by atoms with Crippen LogP contribution in [0.5, 0.6) is 5.75 Å². The largest absolute Gasteiger partial charge is 0.493 e. The van der Waals surface area contributed by atoms with E-state index in [2.05, 4.69) is 5.32 Å². The summed E-state index contributed by atoms with van der Waals surface area (Å²) in [6.45, 7) is 1.77. The smallest absolute Gasteiger partial charge is 0.126 e. The Morgan fingerprint density at radius 1 is 1.35 bits per heavy atom. The van der Waals surface area contributed by atoms with Crippen LogP contribution in [-0.2, 0) is 0 Å². The van der Waals surface area contributed by atoms with Gasteiger partial charge in [-0.25, -0.2) is 4.39 Å². The number of rotatable bonds is 4. The van der Waals surface area contributed by atoms with Crippen molar-refractivity contribution in [2.75, 3.05) is 13.2 Å². The lowest BCUT2D eigenvalue weighted by molar-refractivity contribution is 0.267. The van der Waals surface area contributed by atoms with Crippen molar-refractivity contribution in [3.05, 3.63) is 30.1 Å². The third-order valence-electron chi connectivity index (χ3n) is 2.94. The SMILES string of the molecule is Cl.Fc1cccc(OCCC2CCCCN2)c1. The van der Waals surface area contributed by atoms with E-state index in [1.165, 1.54) is 31.4 Å². The monoisotopic (exact) mass is 259 g/mol. The summed E-state index contributed by atoms with van der Waals surface area (Å²) in [5.74, 6) is 0.379. The Morgan fingerprint density at radius 2 is 2.24 bits per heavy atom. The van der Waals surface area contributed by atoms with Crippen molar-refractivity contribution >= 4 is 12.4 Å². The van der Waals surface area contributed by atoms with E-state index >= 15 is 0 Å². The van der Waals surface area contributed by atoms with E-state index in [-0.39, 0.29) is 18.2 Å². The molecule has 0 spiro atoms. The molecule has 0 aliphatic carbocycles. The van der Waals surface area contributed by atoms with Gasteiger partial charge in [-0.15, -0.1) is 12.4 Å². The summed E-state index contributed by atoms with van der Waals surface area (Å²) in [5.41, 5.74) is 0. The highest BCUT2D eigenvalue weighted by atomic mass is 35.5. The van der Waals surface area contributed by atoms with Gasteiger partial charge in [0.05, 0.1) is 6.61 Å². The molecule has 2 rings (SSSR count). The molecule has 1 aliphatic heterocycles. The zero-order valence-electron chi connectivity index (χ0n) is 9.82. The topological polar surface area (TPSA) is 21.3 Å². The van der Waals surface area contributed by atoms with Gasteiger partial charge in [0.25, 0.3) is 0 Å². The molecule has 1 fully saturated rings. The summed E-state index contributed by atoms with van der Waals surface area (Å²) < 4.78 is 18.4. The van der Waals surface area contributed by atoms with Crippen LogP contribution in [0.2, 0.25) is 0 Å². The van der Waals surface area contributed by atoms with Crippen LogP contribution in [0.3, 0.4) is 0 Å². The van der Waals surface area contributed by atoms with Crippen LogP contribution < -0.4 is 10.1 Å². The maximum Gasteiger partial charge on any atom is 0.126 e. The van der Waals surface area contributed by atoms with Gasteiger partial charge in [0, 0.05) is 12.1 Å². The second kappa shape index (κ2) is 7.51. The lowest BCUT2D eigenvalue weighted by atomic mass is 10.0. The van der Waals surface area contributed by atoms with Crippen molar-refractivity contribution in [3.63, 3.8) is 0 Å². The van der Waals surface area contributed by atoms with Crippen LogP contribution in [0.25, 0.3) is 0 Å². The first-order valence-corrected chi connectivity index (χ1v) is 5.96. The van der Waals surface area contributed by atoms with Gasteiger partial charge in [0.1, 0.15) is 11.6 Å². The summed E-state index contributed by atoms with van der Waals surface area (Å²) in [7, 11) is 0. The molecular formula is C13H19ClFNO. The fraction of sp³-hybridized carbons (Fsp3) is 0.538. The molecule has 1 atom stereocenters. The van der Waals surface area contributed by atoms with Crippen LogP contribution >= 0.6 is 12.4 Å². The highest BCUT2D eigenvalue weighted by Gasteiger charge is 2.11. The zero-order chi connectivity index (χ0) is 11.2. The first-order valence-electron chi connectivity index (χ1n) is 5.96. The van der Waals surface area contributed by atoms with Crippen molar-refractivity contribution in [1.82, 2.24) is 5.32 Å². The van der Waals surface area contributed by atoms with Crippen LogP contribution in [0.15, 0.2) is 24.3 Å². The fourth-order valence-electron chi connectivity index (χ4n) is 2.05. The highest BCUT2D eigenvalue weighted by Crippen LogP contribution is 2.14. The van der Waals surface area contributed by atoms with Gasteiger partial charge >= 0.3 is 0 Å². The van der Waals surface area contributed by atoms with Gasteiger partial charge in [-0.1, -0.05) is 12.5 Å². The van der Waals surface area contributed by atoms with Gasteiger partial charge in [-0.3, -0.25) is 0 Å². The minimum absolute atomic E-state index is 0. The molecule has 0 aromatic heterocycles. The van der Waals surface area contributed by atoms with E-state index in [0.29, 0.717) is 18.4 Å². The standard InChI is InChI=1S/C13H18FNO.ClH/c14-11-4-3-6-13(10-11)16-9-7-12-5-1-2-8-15-12;/h3-4,6,10,12,15H,1-2,5,7-9H2;1H. The molecule has 0 bridgehead atoms. The van der Waals surface area contributed by atoms with Crippen LogP contribution in [0.1, 0.15) is 25.7 Å². The van der Waals surface area contributed by atoms with Gasteiger partial charge in [-0.05, 0) is 37.9 Å². The first kappa shape index (κ1) is 14.3. The predicted molar refractivity (Wildman–Crippen MR) is 69.4 cm³/mol. The second-order valence-corrected chi connectivity index (χ2v) is 4.24. The molecule has 2 nitrogen and oxygen atoms in total. The first-order chi connectivity index (χ1) is 7.84. The molecule has 17 heavy (non-hydrogen) atoms. The highest BCUT2D eigenvalue weighted by molar-refractivity contribution is 5.85. The normalized spacial score (nSPS) is 19.5. The van der Waals surface area contributed by atoms with Crippen LogP contribution in [0, 0.1) is 5.82 Å². The molecule has 1 saturated heterocycles. The van der Waals surface area contributed by atoms with Gasteiger partial charge < -0.3 is 10.1 Å². The Hall–Kier alpha value is -0.800. The fourth-order valence-corrected chi connectivity index (χ4v) is 2.05. The van der Waals surface area contributed by atoms with E-state index in [1.54, 1.807) is 12.1 Å². The number of nitrogens with one attached hydrogen (secondary N) is 1. The molecule has 1 aromatic carbocycles. The van der Waals surface area contributed by atoms with Crippen molar-refractivity contribution < 1.29 is 9.13 Å². The van der Waals surface area contributed by atoms with E-state index < -0.39 is 0 Å². The lowest BCUT2D eigenvalue weighted by Gasteiger charge is -2.23. The molecule has 4 heteroatoms. The van der Waals surface area contributed by atoms with Gasteiger partial charge in [-0.2, -0.15) is 0 Å². The Balaban J connectivity index is 0.00000144. The van der Waals surface area contributed by atoms with Crippen LogP contribution in [0.4, 0.5) is 4.39 Å². The average molecular weight is 260 g/mol. The number of ether oxygens (including phenoxy) is 1. The maximum atomic E-state index is 12.9. The quantitative estimate of drug-likeness (QED) is 0.897. The lowest BCUT2D eigenvalue weighted by Crippen LogP contribution is -2.35. The van der Waals surface area contributed by atoms with Crippen molar-refractivity contribution in [3.8, 4) is 5.75 Å². The van der Waals surface area contributed by atoms with Crippen LogP contribution in [-0.4, -0.2) is 19.2 Å². The Kier molecular flexibility index (Phi) is 6.30. The van der Waals surface area contributed by atoms with Crippen molar-refractivity contribution in [1.29, 1.82) is 0 Å². The number of halogens is 2. The zero-order valence-corrected chi connectivity index (χ0v) is 10.6. The second-order valence-electron chi connectivity index (χ2n) is 4.24. The van der Waals surface area contributed by atoms with Crippen molar-refractivity contribution in [2.24, 2.45) is 0 Å². The van der Waals surface area contributed by atoms with E-state index in [9.17, 15) is 4.39 Å². The molecule has 0 saturated carbocycles. The summed E-state index contributed by atoms with van der Waals surface area (Å²) in [6, 6.07) is 6.88. The van der Waals surface area contributed by atoms with Gasteiger partial charge in [0.15, 0.2) is 0 Å². The molecule has 1 aliphatic rings. The summed E-state index contributed by atoms with van der Waals surface area (Å²) in [5, 5.41) is 3.46. The molecule has 1 heterocycles. The third-order valence-corrected chi connectivity index (χ3v) is 2.94. The molecule has 96 valence electrons. The molecule has 0 radical (unpaired) electrons. The minimum atomic E-state index is -0.242. The predicted octanol–water partition coefficient (Wildman–Crippen LogP) is 3.16. The third kappa shape index (κ3) is 4.92. The maximum absolute atomic E-state index is 12.9. The summed E-state index contributed by atoms with van der Waals surface area (Å²) >= 11 is 0. The number of piperidine rings is 1. The Labute approximate surface area is 108 Å². The average Bonchev–Trinajstić information content (AvgIpc) is 2.30. The van der Waals surface area contributed by atoms with E-state index in [1.807, 2.05) is 0 Å². The summed E-state index contributed by atoms with van der Waals surface area (Å²) in [4.78, 5) is 0. The molecular weight excluding hydrogens is 241 g/mol. The molecule has 1 aromatic rings. The molecule has 1 unspecified atom stereocenters. The van der Waals surface area contributed by atoms with Gasteiger partial charge in [0.2, 0.25) is 0 Å². The molecule has 0 amide bonds. The number of hydrogen-bond acceptors (Lipinski definition) is 2. The van der Waals surface area contributed by atoms with E-state index in [4.69, 9.17) is 4.74 Å². The minimum Gasteiger partial charge on any atom is -0.493 e.